The predicted octanol–water partition coefficient (Wildman–Crippen LogP) is -2.03. The minimum absolute atomic E-state index is 0.0980. The summed E-state index contributed by atoms with van der Waals surface area (Å²) in [7, 11) is 0. The van der Waals surface area contributed by atoms with Crippen molar-refractivity contribution in [3.05, 3.63) is 51.7 Å². The van der Waals surface area contributed by atoms with E-state index in [4.69, 9.17) is 23.4 Å². The number of phenols is 2. The molecule has 3 heterocycles. The molecule has 0 radical (unpaired) electrons. The van der Waals surface area contributed by atoms with E-state index in [0.717, 1.165) is 0 Å². The van der Waals surface area contributed by atoms with E-state index in [1.165, 1.54) is 37.3 Å². The summed E-state index contributed by atoms with van der Waals surface area (Å²) in [6.07, 6.45) is -15.8. The van der Waals surface area contributed by atoms with Crippen molar-refractivity contribution >= 4 is 11.0 Å². The smallest absolute Gasteiger partial charge is 0.239 e. The number of benzene rings is 2. The molecule has 10 N–H and O–H groups in total. The van der Waals surface area contributed by atoms with E-state index in [9.17, 15) is 55.9 Å². The third kappa shape index (κ3) is 6.94. The van der Waals surface area contributed by atoms with Crippen LogP contribution in [0.15, 0.2) is 39.5 Å². The molecule has 5 rings (SSSR count). The van der Waals surface area contributed by atoms with Gasteiger partial charge in [0.2, 0.25) is 17.5 Å². The highest BCUT2D eigenvalue weighted by molar-refractivity contribution is 5.87. The molecule has 0 saturated carbocycles. The summed E-state index contributed by atoms with van der Waals surface area (Å²) in [5.41, 5.74) is -0.0961. The monoisotopic (exact) mass is 666 g/mol. The fourth-order valence-corrected chi connectivity index (χ4v) is 5.55. The van der Waals surface area contributed by atoms with Crippen LogP contribution in [0.25, 0.3) is 22.3 Å². The fourth-order valence-electron chi connectivity index (χ4n) is 5.55. The van der Waals surface area contributed by atoms with Gasteiger partial charge in [-0.25, -0.2) is 0 Å². The molecule has 0 aliphatic carbocycles. The normalized spacial score (nSPS) is 31.3. The maximum absolute atomic E-state index is 13.9. The van der Waals surface area contributed by atoms with E-state index in [2.05, 4.69) is 0 Å². The Balaban J connectivity index is 1.50. The van der Waals surface area contributed by atoms with Crippen molar-refractivity contribution in [2.45, 2.75) is 81.2 Å². The van der Waals surface area contributed by atoms with Gasteiger partial charge >= 0.3 is 0 Å². The molecule has 0 spiro atoms. The van der Waals surface area contributed by atoms with Crippen LogP contribution in [0.5, 0.6) is 17.2 Å². The van der Waals surface area contributed by atoms with Gasteiger partial charge in [0.05, 0.1) is 12.7 Å². The summed E-state index contributed by atoms with van der Waals surface area (Å²) < 4.78 is 28.4. The zero-order valence-corrected chi connectivity index (χ0v) is 25.1. The molecule has 16 heteroatoms. The maximum atomic E-state index is 13.9. The third-order valence-electron chi connectivity index (χ3n) is 8.26. The standard InChI is InChI=1S/C31H38O16/c1-12-21(36)24(39)26(41)30(44-12)43-11-19-22(37)25(40)27(42)31(46-19)47-29-23(38)20-17(35)8-13(4-6-32)9-18(20)45-28(29)15-3-2-14(5-7-33)16(34)10-15/h2-3,8-10,12,19,21-22,24-27,30-37,39-42H,4-7,11H2,1H3/t12-,19+,21-,22+,24+,25-,26+,27+,30+,31-/m0/s1. The molecule has 3 aromatic rings. The third-order valence-corrected chi connectivity index (χ3v) is 8.26. The average molecular weight is 667 g/mol. The van der Waals surface area contributed by atoms with Crippen LogP contribution >= 0.6 is 0 Å². The molecule has 258 valence electrons. The summed E-state index contributed by atoms with van der Waals surface area (Å²) in [6, 6.07) is 6.87. The molecule has 2 aliphatic heterocycles. The van der Waals surface area contributed by atoms with Crippen LogP contribution in [0.2, 0.25) is 0 Å². The number of hydrogen-bond donors (Lipinski definition) is 10. The van der Waals surface area contributed by atoms with E-state index in [0.29, 0.717) is 11.1 Å². The second-order valence-corrected chi connectivity index (χ2v) is 11.5. The largest absolute Gasteiger partial charge is 0.508 e. The molecule has 16 nitrogen and oxygen atoms in total. The number of hydrogen-bond acceptors (Lipinski definition) is 16. The van der Waals surface area contributed by atoms with Gasteiger partial charge in [0.15, 0.2) is 12.1 Å². The fraction of sp³-hybridized carbons (Fsp3) is 0.516. The number of phenolic OH excluding ortho intramolecular Hbond substituents is 2. The Morgan fingerprint density at radius 1 is 0.766 bits per heavy atom. The molecule has 10 atom stereocenters. The molecule has 2 saturated heterocycles. The number of fused-ring (bicyclic) bond motifs is 1. The van der Waals surface area contributed by atoms with Crippen molar-refractivity contribution in [1.82, 2.24) is 0 Å². The molecule has 1 aromatic heterocycles. The van der Waals surface area contributed by atoms with Crippen molar-refractivity contribution < 1.29 is 74.4 Å². The highest BCUT2D eigenvalue weighted by Gasteiger charge is 2.48. The van der Waals surface area contributed by atoms with Crippen molar-refractivity contribution in [3.63, 3.8) is 0 Å². The Bertz CT molecular complexity index is 1610. The number of ether oxygens (including phenoxy) is 4. The van der Waals surface area contributed by atoms with E-state index in [1.54, 1.807) is 0 Å². The Kier molecular flexibility index (Phi) is 10.7. The number of aliphatic hydroxyl groups is 8. The van der Waals surface area contributed by atoms with Gasteiger partial charge < -0.3 is 74.4 Å². The number of aliphatic hydroxyl groups excluding tert-OH is 8. The van der Waals surface area contributed by atoms with E-state index in [-0.39, 0.29) is 54.1 Å². The first-order valence-electron chi connectivity index (χ1n) is 14.9. The average Bonchev–Trinajstić information content (AvgIpc) is 3.03. The second-order valence-electron chi connectivity index (χ2n) is 11.5. The van der Waals surface area contributed by atoms with Crippen LogP contribution in [0.4, 0.5) is 0 Å². The molecule has 0 unspecified atom stereocenters. The van der Waals surface area contributed by atoms with Gasteiger partial charge in [-0.1, -0.05) is 12.1 Å². The first-order chi connectivity index (χ1) is 22.4. The van der Waals surface area contributed by atoms with Gasteiger partial charge in [0.1, 0.15) is 65.2 Å². The SMILES string of the molecule is C[C@@H]1O[C@@H](OC[C@H]2O[C@@H](Oc3c(-c4ccc(CCO)c(O)c4)oc4cc(CCO)cc(O)c4c3=O)[C@H](O)[C@@H](O)[C@@H]2O)[C@H](O)[C@H](O)[C@H]1O. The minimum Gasteiger partial charge on any atom is -0.508 e. The lowest BCUT2D eigenvalue weighted by Gasteiger charge is -2.42. The van der Waals surface area contributed by atoms with Crippen LogP contribution in [0.3, 0.4) is 0 Å². The maximum Gasteiger partial charge on any atom is 0.239 e. The lowest BCUT2D eigenvalue weighted by Crippen LogP contribution is -2.61. The van der Waals surface area contributed by atoms with Crippen molar-refractivity contribution in [3.8, 4) is 28.6 Å². The van der Waals surface area contributed by atoms with E-state index >= 15 is 0 Å². The van der Waals surface area contributed by atoms with E-state index in [1.807, 2.05) is 0 Å². The Hall–Kier alpha value is -3.39. The topological polar surface area (TPSA) is 269 Å². The Morgan fingerprint density at radius 3 is 2.13 bits per heavy atom. The zero-order chi connectivity index (χ0) is 34.2. The molecule has 0 bridgehead atoms. The predicted molar refractivity (Wildman–Crippen MR) is 158 cm³/mol. The summed E-state index contributed by atoms with van der Waals surface area (Å²) in [4.78, 5) is 13.9. The first kappa shape index (κ1) is 34.9. The van der Waals surface area contributed by atoms with Gasteiger partial charge in [-0.05, 0) is 49.1 Å². The lowest BCUT2D eigenvalue weighted by atomic mass is 9.98. The highest BCUT2D eigenvalue weighted by Crippen LogP contribution is 2.38. The van der Waals surface area contributed by atoms with E-state index < -0.39 is 84.9 Å². The van der Waals surface area contributed by atoms with Crippen molar-refractivity contribution in [2.75, 3.05) is 19.8 Å². The molecular weight excluding hydrogens is 628 g/mol. The summed E-state index contributed by atoms with van der Waals surface area (Å²) in [6.45, 7) is 0.342. The molecule has 2 fully saturated rings. The van der Waals surface area contributed by atoms with Gasteiger partial charge in [0, 0.05) is 18.8 Å². The molecule has 2 aromatic carbocycles. The molecule has 2 aliphatic rings. The lowest BCUT2D eigenvalue weighted by molar-refractivity contribution is -0.318. The van der Waals surface area contributed by atoms with Crippen molar-refractivity contribution in [2.24, 2.45) is 0 Å². The summed E-state index contributed by atoms with van der Waals surface area (Å²) in [5, 5.41) is 102. The quantitative estimate of drug-likeness (QED) is 0.112. The minimum atomic E-state index is -1.95. The first-order valence-corrected chi connectivity index (χ1v) is 14.9. The van der Waals surface area contributed by atoms with Gasteiger partial charge in [-0.2, -0.15) is 0 Å². The van der Waals surface area contributed by atoms with Crippen LogP contribution in [-0.2, 0) is 27.1 Å². The second kappa shape index (κ2) is 14.4. The zero-order valence-electron chi connectivity index (χ0n) is 25.1. The molecular formula is C31H38O16. The summed E-state index contributed by atoms with van der Waals surface area (Å²) >= 11 is 0. The number of rotatable bonds is 10. The van der Waals surface area contributed by atoms with Gasteiger partial charge in [-0.3, -0.25) is 4.79 Å². The van der Waals surface area contributed by atoms with Crippen LogP contribution in [0, 0.1) is 0 Å². The van der Waals surface area contributed by atoms with Crippen molar-refractivity contribution in [1.29, 1.82) is 0 Å². The molecule has 0 amide bonds. The number of aromatic hydroxyl groups is 2. The van der Waals surface area contributed by atoms with Crippen LogP contribution in [0.1, 0.15) is 18.1 Å². The Labute approximate surface area is 266 Å². The highest BCUT2D eigenvalue weighted by atomic mass is 16.7. The van der Waals surface area contributed by atoms with Crippen LogP contribution < -0.4 is 10.2 Å². The summed E-state index contributed by atoms with van der Waals surface area (Å²) in [5.74, 6) is -1.64. The van der Waals surface area contributed by atoms with Crippen LogP contribution in [-0.4, -0.2) is 132 Å². The van der Waals surface area contributed by atoms with Gasteiger partial charge in [-0.15, -0.1) is 0 Å². The Morgan fingerprint density at radius 2 is 1.45 bits per heavy atom. The molecule has 47 heavy (non-hydrogen) atoms. The van der Waals surface area contributed by atoms with Gasteiger partial charge in [0.25, 0.3) is 0 Å².